The van der Waals surface area contributed by atoms with Gasteiger partial charge in [0, 0.05) is 10.7 Å². The highest BCUT2D eigenvalue weighted by atomic mass is 79.9. The van der Waals surface area contributed by atoms with Gasteiger partial charge in [-0.05, 0) is 50.4 Å². The van der Waals surface area contributed by atoms with Crippen molar-refractivity contribution in [3.8, 4) is 11.8 Å². The first-order valence-corrected chi connectivity index (χ1v) is 7.93. The van der Waals surface area contributed by atoms with E-state index >= 15 is 0 Å². The maximum Gasteiger partial charge on any atom is 0.357 e. The first kappa shape index (κ1) is 16.9. The van der Waals surface area contributed by atoms with E-state index in [2.05, 4.69) is 31.9 Å². The minimum Gasteiger partial charge on any atom is -0.464 e. The van der Waals surface area contributed by atoms with Crippen molar-refractivity contribution < 1.29 is 9.53 Å². The van der Waals surface area contributed by atoms with Crippen LogP contribution in [0.15, 0.2) is 21.2 Å². The summed E-state index contributed by atoms with van der Waals surface area (Å²) < 4.78 is 7.50. The van der Waals surface area contributed by atoms with Gasteiger partial charge in [-0.1, -0.05) is 11.6 Å². The minimum absolute atomic E-state index is 0.0600. The molecule has 0 aliphatic rings. The molecule has 0 saturated heterocycles. The smallest absolute Gasteiger partial charge is 0.357 e. The van der Waals surface area contributed by atoms with Crippen LogP contribution in [0.5, 0.6) is 0 Å². The number of benzene rings is 1. The van der Waals surface area contributed by atoms with E-state index < -0.39 is 5.97 Å². The summed E-state index contributed by atoms with van der Waals surface area (Å²) in [6, 6.07) is 3.76. The van der Waals surface area contributed by atoms with E-state index in [1.54, 1.807) is 0 Å². The van der Waals surface area contributed by atoms with Gasteiger partial charge < -0.3 is 15.0 Å². The Kier molecular flexibility index (Phi) is 4.85. The van der Waals surface area contributed by atoms with Gasteiger partial charge in [0.25, 0.3) is 0 Å². The van der Waals surface area contributed by atoms with Crippen molar-refractivity contribution in [2.75, 3.05) is 12.8 Å². The van der Waals surface area contributed by atoms with E-state index in [1.807, 2.05) is 19.1 Å². The minimum atomic E-state index is -0.644. The van der Waals surface area contributed by atoms with Crippen molar-refractivity contribution in [1.29, 1.82) is 5.26 Å². The Morgan fingerprint density at radius 1 is 1.50 bits per heavy atom. The number of esters is 1. The van der Waals surface area contributed by atoms with E-state index in [0.29, 0.717) is 19.7 Å². The molecule has 0 aliphatic heterocycles. The van der Waals surface area contributed by atoms with Crippen LogP contribution in [0.4, 0.5) is 5.69 Å². The molecule has 0 saturated carbocycles. The number of rotatable bonds is 2. The molecular weight excluding hydrogens is 437 g/mol. The molecule has 22 heavy (non-hydrogen) atoms. The van der Waals surface area contributed by atoms with Crippen LogP contribution in [0.25, 0.3) is 5.69 Å². The number of methoxy groups -OCH3 is 1. The van der Waals surface area contributed by atoms with Gasteiger partial charge in [-0.3, -0.25) is 0 Å². The van der Waals surface area contributed by atoms with Gasteiger partial charge in [0.15, 0.2) is 5.69 Å². The number of aryl methyl sites for hydroxylation is 1. The van der Waals surface area contributed by atoms with E-state index in [4.69, 9.17) is 27.3 Å². The highest BCUT2D eigenvalue weighted by molar-refractivity contribution is 9.11. The molecule has 0 amide bonds. The molecule has 0 bridgehead atoms. The Bertz CT molecular complexity index is 825. The molecule has 0 aliphatic carbocycles. The number of nitrogen functional groups attached to an aromatic ring is 1. The lowest BCUT2D eigenvalue weighted by atomic mass is 10.2. The fourth-order valence-electron chi connectivity index (χ4n) is 2.02. The van der Waals surface area contributed by atoms with Gasteiger partial charge in [-0.2, -0.15) is 5.26 Å². The molecule has 0 atom stereocenters. The number of carbonyl (C=O) groups is 1. The number of hydrogen-bond acceptors (Lipinski definition) is 4. The lowest BCUT2D eigenvalue weighted by Gasteiger charge is -2.15. The predicted octanol–water partition coefficient (Wildman–Crippen LogP) is 4.20. The van der Waals surface area contributed by atoms with Crippen LogP contribution in [0, 0.1) is 18.3 Å². The summed E-state index contributed by atoms with van der Waals surface area (Å²) in [6.45, 7) is 1.85. The van der Waals surface area contributed by atoms with Gasteiger partial charge in [-0.25, -0.2) is 4.79 Å². The topological polar surface area (TPSA) is 81.0 Å². The lowest BCUT2D eigenvalue weighted by Crippen LogP contribution is -2.12. The number of nitrogens with zero attached hydrogens (tertiary/aromatic N) is 2. The first-order valence-electron chi connectivity index (χ1n) is 5.97. The van der Waals surface area contributed by atoms with E-state index in [-0.39, 0.29) is 16.9 Å². The summed E-state index contributed by atoms with van der Waals surface area (Å²) in [5.74, 6) is -0.644. The van der Waals surface area contributed by atoms with Crippen molar-refractivity contribution in [3.63, 3.8) is 0 Å². The highest BCUT2D eigenvalue weighted by Crippen LogP contribution is 2.39. The number of nitriles is 1. The maximum absolute atomic E-state index is 12.0. The molecule has 5 nitrogen and oxygen atoms in total. The third-order valence-electron chi connectivity index (χ3n) is 3.10. The average molecular weight is 448 g/mol. The molecule has 1 aromatic heterocycles. The normalized spacial score (nSPS) is 10.4. The van der Waals surface area contributed by atoms with Gasteiger partial charge in [0.05, 0.1) is 33.5 Å². The Morgan fingerprint density at radius 2 is 2.14 bits per heavy atom. The Labute approximate surface area is 148 Å². The second kappa shape index (κ2) is 6.32. The molecule has 0 fully saturated rings. The fraction of sp³-hybridized carbons (Fsp3) is 0.143. The molecule has 1 heterocycles. The van der Waals surface area contributed by atoms with Gasteiger partial charge in [0.2, 0.25) is 0 Å². The number of anilines is 1. The van der Waals surface area contributed by atoms with Crippen molar-refractivity contribution in [1.82, 2.24) is 4.57 Å². The average Bonchev–Trinajstić information content (AvgIpc) is 2.80. The third kappa shape index (κ3) is 2.62. The van der Waals surface area contributed by atoms with E-state index in [0.717, 1.165) is 5.56 Å². The van der Waals surface area contributed by atoms with Gasteiger partial charge in [-0.15, -0.1) is 0 Å². The van der Waals surface area contributed by atoms with Crippen molar-refractivity contribution in [3.05, 3.63) is 43.1 Å². The number of halogens is 3. The Morgan fingerprint density at radius 3 is 2.68 bits per heavy atom. The number of hydrogen-bond donors (Lipinski definition) is 1. The third-order valence-corrected chi connectivity index (χ3v) is 5.19. The number of aromatic nitrogens is 1. The molecule has 114 valence electrons. The summed E-state index contributed by atoms with van der Waals surface area (Å²) in [5.41, 5.74) is 7.61. The van der Waals surface area contributed by atoms with Gasteiger partial charge in [0.1, 0.15) is 6.07 Å². The summed E-state index contributed by atoms with van der Waals surface area (Å²) in [5, 5.41) is 9.65. The molecule has 2 rings (SSSR count). The standard InChI is InChI=1S/C14H10Br2ClN3O2/c1-6-3-8(15)12(9(16)10(6)17)20-5-7(4-18)11(19)13(20)14(21)22-2/h3,5H,19H2,1-2H3. The maximum atomic E-state index is 12.0. The molecule has 2 aromatic rings. The molecule has 0 radical (unpaired) electrons. The molecule has 0 spiro atoms. The largest absolute Gasteiger partial charge is 0.464 e. The van der Waals surface area contributed by atoms with Crippen molar-refractivity contribution in [2.45, 2.75) is 6.92 Å². The Balaban J connectivity index is 2.88. The SMILES string of the molecule is COC(=O)c1c(N)c(C#N)cn1-c1c(Br)cc(C)c(Cl)c1Br. The van der Waals surface area contributed by atoms with Crippen molar-refractivity contribution >= 4 is 55.1 Å². The van der Waals surface area contributed by atoms with Crippen LogP contribution in [0.2, 0.25) is 5.02 Å². The number of carbonyl (C=O) groups excluding carboxylic acids is 1. The molecule has 0 unspecified atom stereocenters. The van der Waals surface area contributed by atoms with Crippen LogP contribution in [0.3, 0.4) is 0 Å². The second-order valence-electron chi connectivity index (χ2n) is 4.43. The van der Waals surface area contributed by atoms with Gasteiger partial charge >= 0.3 is 5.97 Å². The van der Waals surface area contributed by atoms with Crippen LogP contribution in [-0.4, -0.2) is 17.6 Å². The van der Waals surface area contributed by atoms with E-state index in [1.165, 1.54) is 17.9 Å². The zero-order chi connectivity index (χ0) is 16.6. The molecular formula is C14H10Br2ClN3O2. The van der Waals surface area contributed by atoms with Crippen LogP contribution in [0.1, 0.15) is 21.6 Å². The van der Waals surface area contributed by atoms with Crippen LogP contribution >= 0.6 is 43.5 Å². The summed E-state index contributed by atoms with van der Waals surface area (Å²) >= 11 is 13.1. The molecule has 8 heteroatoms. The number of nitrogens with two attached hydrogens (primary N) is 1. The summed E-state index contributed by atoms with van der Waals surface area (Å²) in [4.78, 5) is 12.0. The van der Waals surface area contributed by atoms with Crippen molar-refractivity contribution in [2.24, 2.45) is 0 Å². The van der Waals surface area contributed by atoms with Crippen LogP contribution in [-0.2, 0) is 4.74 Å². The Hall–Kier alpha value is -1.49. The first-order chi connectivity index (χ1) is 10.3. The fourth-order valence-corrected chi connectivity index (χ4v) is 3.88. The quantitative estimate of drug-likeness (QED) is 0.553. The number of ether oxygens (including phenoxy) is 1. The zero-order valence-electron chi connectivity index (χ0n) is 11.6. The summed E-state index contributed by atoms with van der Waals surface area (Å²) in [7, 11) is 1.25. The van der Waals surface area contributed by atoms with Crippen LogP contribution < -0.4 is 5.73 Å². The monoisotopic (exact) mass is 445 g/mol. The molecule has 2 N–H and O–H groups in total. The lowest BCUT2D eigenvalue weighted by molar-refractivity contribution is 0.0593. The molecule has 1 aromatic carbocycles. The second-order valence-corrected chi connectivity index (χ2v) is 6.46. The zero-order valence-corrected chi connectivity index (χ0v) is 15.5. The highest BCUT2D eigenvalue weighted by Gasteiger charge is 2.25. The van der Waals surface area contributed by atoms with E-state index in [9.17, 15) is 4.79 Å². The summed E-state index contributed by atoms with van der Waals surface area (Å²) in [6.07, 6.45) is 1.47. The predicted molar refractivity (Wildman–Crippen MR) is 91.4 cm³/mol.